The minimum atomic E-state index is -0.615. The molecular weight excluding hydrogens is 482 g/mol. The fourth-order valence-corrected chi connectivity index (χ4v) is 4.24. The Hall–Kier alpha value is -4.33. The van der Waals surface area contributed by atoms with Gasteiger partial charge in [-0.2, -0.15) is 0 Å². The van der Waals surface area contributed by atoms with Crippen LogP contribution in [0.2, 0.25) is 0 Å². The predicted molar refractivity (Wildman–Crippen MR) is 146 cm³/mol. The Balaban J connectivity index is 1.62. The van der Waals surface area contributed by atoms with Crippen molar-refractivity contribution in [2.24, 2.45) is 0 Å². The number of carbonyl (C=O) groups is 3. The van der Waals surface area contributed by atoms with E-state index in [0.29, 0.717) is 11.3 Å². The van der Waals surface area contributed by atoms with E-state index in [4.69, 9.17) is 4.74 Å². The number of carbonyl (C=O) groups excluding carboxylic acids is 3. The van der Waals surface area contributed by atoms with Crippen molar-refractivity contribution in [2.45, 2.75) is 33.3 Å². The second kappa shape index (κ2) is 11.0. The van der Waals surface area contributed by atoms with E-state index in [9.17, 15) is 19.5 Å². The molecule has 0 unspecified atom stereocenters. The van der Waals surface area contributed by atoms with Crippen molar-refractivity contribution in [1.29, 1.82) is 0 Å². The van der Waals surface area contributed by atoms with Gasteiger partial charge in [-0.05, 0) is 63.1 Å². The van der Waals surface area contributed by atoms with E-state index in [2.05, 4.69) is 5.32 Å². The SMILES string of the molecule is Cc1ccc(NC(=O)c2cc(-c3ccccc3)cc(O)c2C(=O)N2CCN(C(=O)OC(C)(C)C)CC2)cc1. The highest BCUT2D eigenvalue weighted by atomic mass is 16.6. The predicted octanol–water partition coefficient (Wildman–Crippen LogP) is 5.31. The van der Waals surface area contributed by atoms with Gasteiger partial charge >= 0.3 is 6.09 Å². The normalized spacial score (nSPS) is 13.7. The molecule has 0 aromatic heterocycles. The van der Waals surface area contributed by atoms with Gasteiger partial charge < -0.3 is 25.0 Å². The standard InChI is InChI=1S/C30H33N3O5/c1-20-10-12-23(13-11-20)31-27(35)24-18-22(21-8-6-5-7-9-21)19-25(34)26(24)28(36)32-14-16-33(17-15-32)29(37)38-30(2,3)4/h5-13,18-19,34H,14-17H2,1-4H3,(H,31,35). The van der Waals surface area contributed by atoms with E-state index in [1.165, 1.54) is 6.07 Å². The first-order valence-electron chi connectivity index (χ1n) is 12.6. The Labute approximate surface area is 222 Å². The molecule has 3 aromatic carbocycles. The number of aromatic hydroxyl groups is 1. The van der Waals surface area contributed by atoms with Gasteiger partial charge in [-0.25, -0.2) is 4.79 Å². The minimum absolute atomic E-state index is 0.0694. The number of piperazine rings is 1. The third-order valence-electron chi connectivity index (χ3n) is 6.21. The largest absolute Gasteiger partial charge is 0.507 e. The number of anilines is 1. The van der Waals surface area contributed by atoms with Crippen LogP contribution in [0.3, 0.4) is 0 Å². The lowest BCUT2D eigenvalue weighted by atomic mass is 9.96. The van der Waals surface area contributed by atoms with Gasteiger partial charge in [-0.15, -0.1) is 0 Å². The highest BCUT2D eigenvalue weighted by Crippen LogP contribution is 2.32. The fraction of sp³-hybridized carbons (Fsp3) is 0.300. The maximum Gasteiger partial charge on any atom is 0.410 e. The number of phenolic OH excluding ortho intramolecular Hbond substituents is 1. The molecule has 1 fully saturated rings. The van der Waals surface area contributed by atoms with Gasteiger partial charge in [0.05, 0.1) is 11.1 Å². The molecule has 8 nitrogen and oxygen atoms in total. The summed E-state index contributed by atoms with van der Waals surface area (Å²) in [6.45, 7) is 8.42. The van der Waals surface area contributed by atoms with Crippen LogP contribution in [-0.4, -0.2) is 64.6 Å². The Kier molecular flexibility index (Phi) is 7.71. The van der Waals surface area contributed by atoms with Crippen LogP contribution in [0.25, 0.3) is 11.1 Å². The zero-order chi connectivity index (χ0) is 27.4. The number of nitrogens with zero attached hydrogens (tertiary/aromatic N) is 2. The topological polar surface area (TPSA) is 99.2 Å². The summed E-state index contributed by atoms with van der Waals surface area (Å²) in [5.74, 6) is -1.25. The molecule has 2 N–H and O–H groups in total. The number of nitrogens with one attached hydrogen (secondary N) is 1. The van der Waals surface area contributed by atoms with E-state index in [1.807, 2.05) is 49.4 Å². The molecule has 1 aliphatic rings. The number of aryl methyl sites for hydroxylation is 1. The number of ether oxygens (including phenoxy) is 1. The average Bonchev–Trinajstić information content (AvgIpc) is 2.88. The van der Waals surface area contributed by atoms with Gasteiger partial charge in [-0.1, -0.05) is 48.0 Å². The summed E-state index contributed by atoms with van der Waals surface area (Å²) in [5, 5.41) is 13.9. The van der Waals surface area contributed by atoms with Gasteiger partial charge in [-0.3, -0.25) is 9.59 Å². The molecular formula is C30H33N3O5. The summed E-state index contributed by atoms with van der Waals surface area (Å²) in [5.41, 5.74) is 2.43. The first kappa shape index (κ1) is 26.7. The molecule has 0 radical (unpaired) electrons. The van der Waals surface area contributed by atoms with Crippen LogP contribution in [0.15, 0.2) is 66.7 Å². The van der Waals surface area contributed by atoms with Crippen molar-refractivity contribution in [3.8, 4) is 16.9 Å². The number of rotatable bonds is 4. The average molecular weight is 516 g/mol. The van der Waals surface area contributed by atoms with Crippen LogP contribution in [0.4, 0.5) is 10.5 Å². The summed E-state index contributed by atoms with van der Waals surface area (Å²) < 4.78 is 5.44. The third kappa shape index (κ3) is 6.32. The molecule has 3 aromatic rings. The summed E-state index contributed by atoms with van der Waals surface area (Å²) in [6, 6.07) is 19.8. The highest BCUT2D eigenvalue weighted by molar-refractivity contribution is 6.14. The Morgan fingerprint density at radius 2 is 1.45 bits per heavy atom. The van der Waals surface area contributed by atoms with E-state index in [-0.39, 0.29) is 43.1 Å². The number of hydrogen-bond donors (Lipinski definition) is 2. The minimum Gasteiger partial charge on any atom is -0.507 e. The number of amides is 3. The Morgan fingerprint density at radius 3 is 2.05 bits per heavy atom. The van der Waals surface area contributed by atoms with Crippen molar-refractivity contribution in [3.05, 3.63) is 83.4 Å². The summed E-state index contributed by atoms with van der Waals surface area (Å²) in [4.78, 5) is 42.6. The first-order valence-corrected chi connectivity index (χ1v) is 12.6. The monoisotopic (exact) mass is 515 g/mol. The van der Waals surface area contributed by atoms with Crippen molar-refractivity contribution in [1.82, 2.24) is 9.80 Å². The van der Waals surface area contributed by atoms with Crippen LogP contribution in [0.1, 0.15) is 47.1 Å². The molecule has 0 atom stereocenters. The maximum absolute atomic E-state index is 13.6. The van der Waals surface area contributed by atoms with E-state index in [1.54, 1.807) is 48.8 Å². The number of phenols is 1. The summed E-state index contributed by atoms with van der Waals surface area (Å²) in [7, 11) is 0. The second-order valence-corrected chi connectivity index (χ2v) is 10.4. The van der Waals surface area contributed by atoms with Crippen molar-refractivity contribution >= 4 is 23.6 Å². The van der Waals surface area contributed by atoms with Crippen LogP contribution >= 0.6 is 0 Å². The van der Waals surface area contributed by atoms with Crippen molar-refractivity contribution in [3.63, 3.8) is 0 Å². The van der Waals surface area contributed by atoms with Crippen LogP contribution in [-0.2, 0) is 4.74 Å². The van der Waals surface area contributed by atoms with Crippen LogP contribution in [0.5, 0.6) is 5.75 Å². The molecule has 0 bridgehead atoms. The molecule has 1 aliphatic heterocycles. The smallest absolute Gasteiger partial charge is 0.410 e. The fourth-order valence-electron chi connectivity index (χ4n) is 4.24. The molecule has 38 heavy (non-hydrogen) atoms. The Morgan fingerprint density at radius 1 is 0.842 bits per heavy atom. The van der Waals surface area contributed by atoms with Gasteiger partial charge in [0.2, 0.25) is 0 Å². The lowest BCUT2D eigenvalue weighted by Gasteiger charge is -2.36. The second-order valence-electron chi connectivity index (χ2n) is 10.4. The van der Waals surface area contributed by atoms with Gasteiger partial charge in [0.25, 0.3) is 11.8 Å². The first-order chi connectivity index (χ1) is 18.0. The zero-order valence-electron chi connectivity index (χ0n) is 22.2. The molecule has 0 spiro atoms. The van der Waals surface area contributed by atoms with E-state index in [0.717, 1.165) is 11.1 Å². The molecule has 198 valence electrons. The van der Waals surface area contributed by atoms with Crippen LogP contribution in [0, 0.1) is 6.92 Å². The number of hydrogen-bond acceptors (Lipinski definition) is 5. The highest BCUT2D eigenvalue weighted by Gasteiger charge is 2.31. The maximum atomic E-state index is 13.6. The Bertz CT molecular complexity index is 1320. The molecule has 3 amide bonds. The molecule has 4 rings (SSSR count). The van der Waals surface area contributed by atoms with Crippen molar-refractivity contribution in [2.75, 3.05) is 31.5 Å². The lowest BCUT2D eigenvalue weighted by molar-refractivity contribution is 0.0140. The molecule has 8 heteroatoms. The lowest BCUT2D eigenvalue weighted by Crippen LogP contribution is -2.51. The van der Waals surface area contributed by atoms with Crippen LogP contribution < -0.4 is 5.32 Å². The number of benzene rings is 3. The quantitative estimate of drug-likeness (QED) is 0.490. The molecule has 1 saturated heterocycles. The van der Waals surface area contributed by atoms with Gasteiger partial charge in [0.1, 0.15) is 11.4 Å². The molecule has 0 aliphatic carbocycles. The van der Waals surface area contributed by atoms with Gasteiger partial charge in [0.15, 0.2) is 0 Å². The van der Waals surface area contributed by atoms with E-state index >= 15 is 0 Å². The third-order valence-corrected chi connectivity index (χ3v) is 6.21. The van der Waals surface area contributed by atoms with E-state index < -0.39 is 23.5 Å². The zero-order valence-corrected chi connectivity index (χ0v) is 22.2. The summed E-state index contributed by atoms with van der Waals surface area (Å²) in [6.07, 6.45) is -0.433. The van der Waals surface area contributed by atoms with Crippen molar-refractivity contribution < 1.29 is 24.2 Å². The molecule has 0 saturated carbocycles. The van der Waals surface area contributed by atoms with Gasteiger partial charge in [0, 0.05) is 31.9 Å². The summed E-state index contributed by atoms with van der Waals surface area (Å²) >= 11 is 0. The molecule has 1 heterocycles.